The number of nitrogen functional groups attached to an aromatic ring is 1. The Morgan fingerprint density at radius 2 is 1.94 bits per heavy atom. The molecule has 6 rings (SSSR count). The number of hydrogen-bond donors (Lipinski definition) is 5. The standard InChI is InChI=1S/C31H28N8O8S2/c32-31-34-20(15-49-31)23(36-47)26(42)35-24-28(44)39-25(30(45)46)18(14-48-29(24)39)11-17-7-10-38(27(17)43)12-16-5-8-37(9-6-16)13-22(41)33-19-3-1-2-4-21(19)40/h1-6,8-9,11,15,24,29H,7,10,12-14H2,(H6-,32,33,34,35,36,40,41,42,45,46,47)/b17-11+/t24-,29-/m1/s1. The number of allylic oxidation sites excluding steroid dienone is 1. The molecule has 6 N–H and O–H groups in total. The highest BCUT2D eigenvalue weighted by Crippen LogP contribution is 2.41. The van der Waals surface area contributed by atoms with E-state index in [9.17, 15) is 39.4 Å². The first-order valence-electron chi connectivity index (χ1n) is 14.7. The van der Waals surface area contributed by atoms with Gasteiger partial charge in [0.2, 0.25) is 12.5 Å². The number of rotatable bonds is 10. The number of carbonyl (C=O) groups excluding carboxylic acids is 5. The fraction of sp³-hybridized carbons (Fsp3) is 0.226. The maximum atomic E-state index is 13.3. The second-order valence-electron chi connectivity index (χ2n) is 11.1. The van der Waals surface area contributed by atoms with Gasteiger partial charge in [-0.3, -0.25) is 24.1 Å². The van der Waals surface area contributed by atoms with E-state index in [4.69, 9.17) is 5.73 Å². The van der Waals surface area contributed by atoms with Crippen LogP contribution in [0.3, 0.4) is 0 Å². The second-order valence-corrected chi connectivity index (χ2v) is 13.1. The van der Waals surface area contributed by atoms with E-state index in [0.29, 0.717) is 24.2 Å². The number of hydrogen-bond acceptors (Lipinski definition) is 13. The smallest absolute Gasteiger partial charge is 0.290 e. The van der Waals surface area contributed by atoms with Crippen LogP contribution in [-0.4, -0.2) is 84.1 Å². The molecule has 2 saturated heterocycles. The van der Waals surface area contributed by atoms with E-state index in [0.717, 1.165) is 21.8 Å². The molecule has 18 heteroatoms. The third-order valence-corrected chi connectivity index (χ3v) is 9.93. The van der Waals surface area contributed by atoms with Gasteiger partial charge in [0.1, 0.15) is 22.9 Å². The van der Waals surface area contributed by atoms with E-state index in [1.54, 1.807) is 52.2 Å². The number of phenolic OH excluding ortho intramolecular Hbond substituents is 1. The van der Waals surface area contributed by atoms with Crippen LogP contribution in [-0.2, 0) is 37.1 Å². The zero-order valence-corrected chi connectivity index (χ0v) is 27.1. The van der Waals surface area contributed by atoms with Crippen molar-refractivity contribution >= 4 is 69.2 Å². The van der Waals surface area contributed by atoms with Gasteiger partial charge in [0.25, 0.3) is 17.7 Å². The summed E-state index contributed by atoms with van der Waals surface area (Å²) in [6.07, 6.45) is 5.25. The molecule has 2 aromatic heterocycles. The zero-order valence-electron chi connectivity index (χ0n) is 25.4. The fourth-order valence-electron chi connectivity index (χ4n) is 5.58. The first kappa shape index (κ1) is 33.2. The number of amides is 4. The number of para-hydroxylation sites is 2. The molecule has 0 bridgehead atoms. The van der Waals surface area contributed by atoms with Gasteiger partial charge in [0.05, 0.1) is 17.4 Å². The lowest BCUT2D eigenvalue weighted by Gasteiger charge is -2.50. The van der Waals surface area contributed by atoms with Crippen molar-refractivity contribution in [2.24, 2.45) is 5.16 Å². The number of carboxylic acid groups (broad SMARTS) is 1. The van der Waals surface area contributed by atoms with Gasteiger partial charge >= 0.3 is 0 Å². The normalized spacial score (nSPS) is 19.9. The topological polar surface area (TPSA) is 235 Å². The molecule has 0 saturated carbocycles. The summed E-state index contributed by atoms with van der Waals surface area (Å²) in [6.45, 7) is 0.678. The lowest BCUT2D eigenvalue weighted by Crippen LogP contribution is -2.71. The lowest BCUT2D eigenvalue weighted by molar-refractivity contribution is -0.684. The Labute approximate surface area is 286 Å². The van der Waals surface area contributed by atoms with Crippen molar-refractivity contribution in [3.05, 3.63) is 88.3 Å². The molecule has 0 spiro atoms. The summed E-state index contributed by atoms with van der Waals surface area (Å²) in [7, 11) is 0. The Morgan fingerprint density at radius 1 is 1.18 bits per heavy atom. The summed E-state index contributed by atoms with van der Waals surface area (Å²) in [4.78, 5) is 70.3. The van der Waals surface area contributed by atoms with Crippen LogP contribution in [0.1, 0.15) is 17.7 Å². The number of nitrogens with two attached hydrogens (primary N) is 1. The van der Waals surface area contributed by atoms with E-state index in [1.807, 2.05) is 0 Å². The highest BCUT2D eigenvalue weighted by atomic mass is 32.2. The first-order valence-corrected chi connectivity index (χ1v) is 16.7. The van der Waals surface area contributed by atoms with Crippen LogP contribution in [0.2, 0.25) is 0 Å². The number of likely N-dealkylation sites (tertiary alicyclic amines) is 1. The minimum atomic E-state index is -1.60. The SMILES string of the molecule is Nc1nc(/C(=N/O)C(=O)N[C@@H]2C(=O)N3C(C(=O)[O-])=C(/C=C4\CCN(Cc5cc[n+](CC(=O)Nc6ccccc6O)cc5)C4=O)CS[C@H]23)cs1. The van der Waals surface area contributed by atoms with Crippen LogP contribution in [0.25, 0.3) is 0 Å². The summed E-state index contributed by atoms with van der Waals surface area (Å²) in [6, 6.07) is 8.87. The van der Waals surface area contributed by atoms with Crippen molar-refractivity contribution in [2.45, 2.75) is 30.9 Å². The highest BCUT2D eigenvalue weighted by molar-refractivity contribution is 8.00. The number of fused-ring (bicyclic) bond motifs is 1. The van der Waals surface area contributed by atoms with Crippen LogP contribution in [0.4, 0.5) is 10.8 Å². The lowest BCUT2D eigenvalue weighted by atomic mass is 10.0. The average Bonchev–Trinajstić information content (AvgIpc) is 3.66. The van der Waals surface area contributed by atoms with Gasteiger partial charge in [-0.05, 0) is 35.8 Å². The van der Waals surface area contributed by atoms with E-state index in [1.165, 1.54) is 29.3 Å². The number of nitrogens with one attached hydrogen (secondary N) is 2. The van der Waals surface area contributed by atoms with Crippen LogP contribution >= 0.6 is 23.1 Å². The number of aromatic hydroxyl groups is 1. The molecule has 2 fully saturated rings. The third-order valence-electron chi connectivity index (χ3n) is 7.96. The van der Waals surface area contributed by atoms with Gasteiger partial charge in [-0.1, -0.05) is 17.3 Å². The van der Waals surface area contributed by atoms with Gasteiger partial charge in [0, 0.05) is 41.9 Å². The second kappa shape index (κ2) is 13.8. The van der Waals surface area contributed by atoms with E-state index >= 15 is 0 Å². The highest BCUT2D eigenvalue weighted by Gasteiger charge is 2.53. The number of aromatic nitrogens is 2. The number of anilines is 2. The Hall–Kier alpha value is -5.75. The zero-order chi connectivity index (χ0) is 34.8. The van der Waals surface area contributed by atoms with Crippen molar-refractivity contribution in [3.8, 4) is 5.75 Å². The van der Waals surface area contributed by atoms with Crippen molar-refractivity contribution in [2.75, 3.05) is 23.3 Å². The maximum absolute atomic E-state index is 13.3. The molecule has 5 heterocycles. The van der Waals surface area contributed by atoms with Gasteiger partial charge in [0.15, 0.2) is 23.2 Å². The largest absolute Gasteiger partial charge is 0.543 e. The molecule has 16 nitrogen and oxygen atoms in total. The van der Waals surface area contributed by atoms with Crippen molar-refractivity contribution in [1.29, 1.82) is 0 Å². The summed E-state index contributed by atoms with van der Waals surface area (Å²) >= 11 is 2.23. The number of thiazole rings is 1. The molecular weight excluding hydrogens is 677 g/mol. The predicted octanol–water partition coefficient (Wildman–Crippen LogP) is -0.702. The molecule has 1 aromatic carbocycles. The molecule has 0 unspecified atom stereocenters. The molecule has 3 aliphatic rings. The van der Waals surface area contributed by atoms with Crippen LogP contribution in [0.15, 0.2) is 82.2 Å². The Balaban J connectivity index is 1.08. The quantitative estimate of drug-likeness (QED) is 0.0337. The van der Waals surface area contributed by atoms with Gasteiger partial charge < -0.3 is 41.5 Å². The van der Waals surface area contributed by atoms with Gasteiger partial charge in [-0.2, -0.15) is 4.57 Å². The molecule has 3 aliphatic heterocycles. The van der Waals surface area contributed by atoms with Crippen LogP contribution < -0.4 is 26.0 Å². The molecule has 252 valence electrons. The van der Waals surface area contributed by atoms with Crippen LogP contribution in [0.5, 0.6) is 5.75 Å². The summed E-state index contributed by atoms with van der Waals surface area (Å²) in [5.74, 6) is -3.71. The van der Waals surface area contributed by atoms with Gasteiger partial charge in [-0.25, -0.2) is 4.98 Å². The number of thioether (sulfide) groups is 1. The molecule has 4 amide bonds. The number of carboxylic acids is 1. The minimum Gasteiger partial charge on any atom is -0.543 e. The molecule has 0 radical (unpaired) electrons. The third kappa shape index (κ3) is 6.81. The molecular formula is C31H28N8O8S2. The number of aliphatic carboxylic acids is 1. The number of carbonyl (C=O) groups is 5. The Kier molecular flexibility index (Phi) is 9.32. The van der Waals surface area contributed by atoms with Gasteiger partial charge in [-0.15, -0.1) is 23.1 Å². The number of oxime groups is 1. The monoisotopic (exact) mass is 704 g/mol. The summed E-state index contributed by atoms with van der Waals surface area (Å²) in [5, 5.41) is 40.3. The predicted molar refractivity (Wildman–Crippen MR) is 173 cm³/mol. The molecule has 3 aromatic rings. The Morgan fingerprint density at radius 3 is 2.61 bits per heavy atom. The number of benzene rings is 1. The maximum Gasteiger partial charge on any atom is 0.290 e. The number of phenols is 1. The molecule has 0 aliphatic carbocycles. The first-order chi connectivity index (χ1) is 23.5. The number of nitrogens with zero attached hydrogens (tertiary/aromatic N) is 5. The molecule has 49 heavy (non-hydrogen) atoms. The Bertz CT molecular complexity index is 1960. The number of β-lactam (4-membered cyclic amide) rings is 1. The van der Waals surface area contributed by atoms with E-state index < -0.39 is 34.9 Å². The minimum absolute atomic E-state index is 0.00558. The average molecular weight is 705 g/mol. The van der Waals surface area contributed by atoms with Crippen molar-refractivity contribution in [3.63, 3.8) is 0 Å². The summed E-state index contributed by atoms with van der Waals surface area (Å²) < 4.78 is 1.65. The fourth-order valence-corrected chi connectivity index (χ4v) is 7.43. The summed E-state index contributed by atoms with van der Waals surface area (Å²) in [5.41, 5.74) is 6.51. The van der Waals surface area contributed by atoms with Crippen molar-refractivity contribution in [1.82, 2.24) is 20.1 Å². The van der Waals surface area contributed by atoms with E-state index in [-0.39, 0.29) is 58.5 Å². The van der Waals surface area contributed by atoms with Crippen molar-refractivity contribution < 1.29 is 44.0 Å². The number of pyridine rings is 1. The van der Waals surface area contributed by atoms with E-state index in [2.05, 4.69) is 20.8 Å². The van der Waals surface area contributed by atoms with Crippen LogP contribution in [0, 0.1) is 0 Å². The molecule has 2 atom stereocenters.